The molecule has 1 aromatic carbocycles. The maximum atomic E-state index is 11.7. The summed E-state index contributed by atoms with van der Waals surface area (Å²) in [6, 6.07) is 6.44. The highest BCUT2D eigenvalue weighted by atomic mass is 16.5. The summed E-state index contributed by atoms with van der Waals surface area (Å²) in [6.45, 7) is 4.20. The molecule has 1 heterocycles. The van der Waals surface area contributed by atoms with Crippen molar-refractivity contribution in [3.05, 3.63) is 23.8 Å². The highest BCUT2D eigenvalue weighted by Gasteiger charge is 2.31. The standard InChI is InChI=1S/C15H21N3O2/c1-20-15(19)13-10-12(4-5-14(13)16)18-8-6-17(7-9-18)11-2-3-11/h4-5,10-11H,2-3,6-9,16H2,1H3. The van der Waals surface area contributed by atoms with Gasteiger partial charge in [-0.25, -0.2) is 4.79 Å². The summed E-state index contributed by atoms with van der Waals surface area (Å²) in [7, 11) is 1.38. The van der Waals surface area contributed by atoms with Crippen molar-refractivity contribution in [3.8, 4) is 0 Å². The van der Waals surface area contributed by atoms with E-state index in [1.54, 1.807) is 6.07 Å². The van der Waals surface area contributed by atoms with Gasteiger partial charge in [0.25, 0.3) is 0 Å². The smallest absolute Gasteiger partial charge is 0.340 e. The number of methoxy groups -OCH3 is 1. The van der Waals surface area contributed by atoms with Crippen LogP contribution in [0, 0.1) is 0 Å². The van der Waals surface area contributed by atoms with Gasteiger partial charge in [0.2, 0.25) is 0 Å². The van der Waals surface area contributed by atoms with Crippen molar-refractivity contribution in [2.75, 3.05) is 43.9 Å². The van der Waals surface area contributed by atoms with Crippen LogP contribution in [-0.4, -0.2) is 50.2 Å². The van der Waals surface area contributed by atoms with Gasteiger partial charge in [0, 0.05) is 43.6 Å². The molecule has 2 N–H and O–H groups in total. The highest BCUT2D eigenvalue weighted by Crippen LogP contribution is 2.29. The molecule has 20 heavy (non-hydrogen) atoms. The lowest BCUT2D eigenvalue weighted by Crippen LogP contribution is -2.47. The monoisotopic (exact) mass is 275 g/mol. The van der Waals surface area contributed by atoms with E-state index in [1.807, 2.05) is 12.1 Å². The van der Waals surface area contributed by atoms with Crippen LogP contribution < -0.4 is 10.6 Å². The average Bonchev–Trinajstić information content (AvgIpc) is 3.32. The van der Waals surface area contributed by atoms with Gasteiger partial charge in [-0.2, -0.15) is 0 Å². The van der Waals surface area contributed by atoms with E-state index in [1.165, 1.54) is 20.0 Å². The van der Waals surface area contributed by atoms with Crippen molar-refractivity contribution in [1.82, 2.24) is 4.90 Å². The number of piperazine rings is 1. The van der Waals surface area contributed by atoms with Crippen LogP contribution in [0.4, 0.5) is 11.4 Å². The van der Waals surface area contributed by atoms with Gasteiger partial charge in [0.1, 0.15) is 0 Å². The van der Waals surface area contributed by atoms with Crippen molar-refractivity contribution < 1.29 is 9.53 Å². The Bertz CT molecular complexity index is 506. The zero-order chi connectivity index (χ0) is 14.1. The molecule has 2 aliphatic rings. The molecule has 2 fully saturated rings. The SMILES string of the molecule is COC(=O)c1cc(N2CCN(C3CC3)CC2)ccc1N. The zero-order valence-electron chi connectivity index (χ0n) is 11.8. The van der Waals surface area contributed by atoms with Crippen LogP contribution in [-0.2, 0) is 4.74 Å². The van der Waals surface area contributed by atoms with Crippen molar-refractivity contribution >= 4 is 17.3 Å². The number of esters is 1. The zero-order valence-corrected chi connectivity index (χ0v) is 11.8. The Morgan fingerprint density at radius 3 is 2.55 bits per heavy atom. The first-order valence-electron chi connectivity index (χ1n) is 7.16. The van der Waals surface area contributed by atoms with E-state index in [9.17, 15) is 4.79 Å². The lowest BCUT2D eigenvalue weighted by atomic mass is 10.1. The molecule has 0 atom stereocenters. The summed E-state index contributed by atoms with van der Waals surface area (Å²) >= 11 is 0. The topological polar surface area (TPSA) is 58.8 Å². The molecule has 0 radical (unpaired) electrons. The third kappa shape index (κ3) is 2.58. The number of nitrogens with two attached hydrogens (primary N) is 1. The van der Waals surface area contributed by atoms with E-state index in [-0.39, 0.29) is 5.97 Å². The van der Waals surface area contributed by atoms with Crippen molar-refractivity contribution in [1.29, 1.82) is 0 Å². The number of carbonyl (C=O) groups excluding carboxylic acids is 1. The summed E-state index contributed by atoms with van der Waals surface area (Å²) in [5.74, 6) is -0.374. The molecule has 0 aromatic heterocycles. The van der Waals surface area contributed by atoms with Gasteiger partial charge in [-0.05, 0) is 31.0 Å². The fourth-order valence-corrected chi connectivity index (χ4v) is 2.81. The Morgan fingerprint density at radius 2 is 1.95 bits per heavy atom. The summed E-state index contributed by atoms with van der Waals surface area (Å²) in [6.07, 6.45) is 2.71. The third-order valence-electron chi connectivity index (χ3n) is 4.18. The van der Waals surface area contributed by atoms with Gasteiger partial charge >= 0.3 is 5.97 Å². The molecule has 1 saturated heterocycles. The third-order valence-corrected chi connectivity index (χ3v) is 4.18. The minimum absolute atomic E-state index is 0.374. The van der Waals surface area contributed by atoms with Crippen LogP contribution >= 0.6 is 0 Å². The second-order valence-electron chi connectivity index (χ2n) is 5.52. The van der Waals surface area contributed by atoms with Crippen LogP contribution in [0.15, 0.2) is 18.2 Å². The predicted octanol–water partition coefficient (Wildman–Crippen LogP) is 1.34. The number of hydrogen-bond acceptors (Lipinski definition) is 5. The summed E-state index contributed by atoms with van der Waals surface area (Å²) < 4.78 is 4.77. The van der Waals surface area contributed by atoms with Gasteiger partial charge in [0.05, 0.1) is 12.7 Å². The van der Waals surface area contributed by atoms with E-state index < -0.39 is 0 Å². The Kier molecular flexibility index (Phi) is 3.53. The molecule has 108 valence electrons. The van der Waals surface area contributed by atoms with Gasteiger partial charge < -0.3 is 15.4 Å². The van der Waals surface area contributed by atoms with Gasteiger partial charge in [-0.15, -0.1) is 0 Å². The first-order valence-corrected chi connectivity index (χ1v) is 7.16. The number of benzene rings is 1. The quantitative estimate of drug-likeness (QED) is 0.666. The van der Waals surface area contributed by atoms with Crippen LogP contribution in [0.2, 0.25) is 0 Å². The fraction of sp³-hybridized carbons (Fsp3) is 0.533. The Hall–Kier alpha value is -1.75. The molecule has 0 unspecified atom stereocenters. The summed E-state index contributed by atoms with van der Waals surface area (Å²) in [5, 5.41) is 0. The maximum Gasteiger partial charge on any atom is 0.340 e. The Labute approximate surface area is 119 Å². The highest BCUT2D eigenvalue weighted by molar-refractivity contribution is 5.96. The molecule has 5 heteroatoms. The molecule has 0 bridgehead atoms. The minimum atomic E-state index is -0.374. The summed E-state index contributed by atoms with van der Waals surface area (Å²) in [5.41, 5.74) is 7.81. The number of nitrogen functional groups attached to an aromatic ring is 1. The number of ether oxygens (including phenoxy) is 1. The van der Waals surface area contributed by atoms with E-state index in [0.29, 0.717) is 11.3 Å². The molecule has 1 aliphatic heterocycles. The van der Waals surface area contributed by atoms with Crippen LogP contribution in [0.3, 0.4) is 0 Å². The number of nitrogens with zero attached hydrogens (tertiary/aromatic N) is 2. The van der Waals surface area contributed by atoms with Gasteiger partial charge in [-0.1, -0.05) is 0 Å². The second-order valence-corrected chi connectivity index (χ2v) is 5.52. The lowest BCUT2D eigenvalue weighted by molar-refractivity contribution is 0.0602. The fourth-order valence-electron chi connectivity index (χ4n) is 2.81. The molecular weight excluding hydrogens is 254 g/mol. The lowest BCUT2D eigenvalue weighted by Gasteiger charge is -2.36. The van der Waals surface area contributed by atoms with Crippen LogP contribution in [0.25, 0.3) is 0 Å². The molecule has 0 spiro atoms. The second kappa shape index (κ2) is 5.32. The molecule has 1 aromatic rings. The van der Waals surface area contributed by atoms with Crippen LogP contribution in [0.5, 0.6) is 0 Å². The van der Waals surface area contributed by atoms with E-state index in [0.717, 1.165) is 37.9 Å². The van der Waals surface area contributed by atoms with Crippen molar-refractivity contribution in [3.63, 3.8) is 0 Å². The maximum absolute atomic E-state index is 11.7. The van der Waals surface area contributed by atoms with Gasteiger partial charge in [0.15, 0.2) is 0 Å². The van der Waals surface area contributed by atoms with Gasteiger partial charge in [-0.3, -0.25) is 4.90 Å². The number of carbonyl (C=O) groups is 1. The molecule has 1 aliphatic carbocycles. The van der Waals surface area contributed by atoms with E-state index in [2.05, 4.69) is 9.80 Å². The van der Waals surface area contributed by atoms with Crippen LogP contribution in [0.1, 0.15) is 23.2 Å². The van der Waals surface area contributed by atoms with E-state index >= 15 is 0 Å². The average molecular weight is 275 g/mol. The predicted molar refractivity (Wildman–Crippen MR) is 79.0 cm³/mol. The molecule has 5 nitrogen and oxygen atoms in total. The molecular formula is C15H21N3O2. The normalized spacial score (nSPS) is 19.9. The number of hydrogen-bond donors (Lipinski definition) is 1. The van der Waals surface area contributed by atoms with Crippen molar-refractivity contribution in [2.45, 2.75) is 18.9 Å². The number of rotatable bonds is 3. The Balaban J connectivity index is 1.72. The first-order chi connectivity index (χ1) is 9.69. The molecule has 1 saturated carbocycles. The van der Waals surface area contributed by atoms with E-state index in [4.69, 9.17) is 10.5 Å². The minimum Gasteiger partial charge on any atom is -0.465 e. The number of anilines is 2. The molecule has 0 amide bonds. The Morgan fingerprint density at radius 1 is 1.25 bits per heavy atom. The first kappa shape index (κ1) is 13.2. The molecule has 3 rings (SSSR count). The largest absolute Gasteiger partial charge is 0.465 e. The summed E-state index contributed by atoms with van der Waals surface area (Å²) in [4.78, 5) is 16.6. The van der Waals surface area contributed by atoms with Crippen molar-refractivity contribution in [2.24, 2.45) is 0 Å².